The van der Waals surface area contributed by atoms with Crippen LogP contribution >= 0.6 is 11.6 Å². The van der Waals surface area contributed by atoms with Crippen LogP contribution in [0.1, 0.15) is 13.3 Å². The third kappa shape index (κ3) is 5.03. The van der Waals surface area contributed by atoms with Crippen molar-refractivity contribution in [2.45, 2.75) is 13.3 Å². The van der Waals surface area contributed by atoms with E-state index in [1.54, 1.807) is 53.4 Å². The van der Waals surface area contributed by atoms with Gasteiger partial charge in [0.15, 0.2) is 0 Å². The third-order valence-corrected chi connectivity index (χ3v) is 5.37. The lowest BCUT2D eigenvalue weighted by molar-refractivity contribution is -0.122. The van der Waals surface area contributed by atoms with Gasteiger partial charge in [0.05, 0.1) is 18.2 Å². The molecule has 6 nitrogen and oxygen atoms in total. The van der Waals surface area contributed by atoms with Gasteiger partial charge < -0.3 is 19.7 Å². The van der Waals surface area contributed by atoms with Crippen molar-refractivity contribution in [3.05, 3.63) is 77.8 Å². The summed E-state index contributed by atoms with van der Waals surface area (Å²) in [6.07, 6.45) is 0.157. The molecule has 0 aromatic heterocycles. The molecule has 3 aromatic rings. The van der Waals surface area contributed by atoms with E-state index in [1.165, 1.54) is 0 Å². The van der Waals surface area contributed by atoms with Gasteiger partial charge in [-0.1, -0.05) is 23.7 Å². The Morgan fingerprint density at radius 3 is 2.38 bits per heavy atom. The number of nitrogens with zero attached hydrogens (tertiary/aromatic N) is 1. The van der Waals surface area contributed by atoms with Crippen molar-refractivity contribution in [2.24, 2.45) is 5.92 Å². The van der Waals surface area contributed by atoms with Gasteiger partial charge in [0.2, 0.25) is 11.8 Å². The van der Waals surface area contributed by atoms with Gasteiger partial charge in [-0.05, 0) is 67.6 Å². The molecular weight excluding hydrogens is 428 g/mol. The van der Waals surface area contributed by atoms with Crippen LogP contribution in [0.3, 0.4) is 0 Å². The molecule has 164 valence electrons. The number of hydrogen-bond donors (Lipinski definition) is 1. The minimum atomic E-state index is -0.442. The minimum Gasteiger partial charge on any atom is -0.492 e. The van der Waals surface area contributed by atoms with Crippen molar-refractivity contribution in [3.63, 3.8) is 0 Å². The maximum atomic E-state index is 12.8. The molecular formula is C25H23ClN2O4. The predicted octanol–water partition coefficient (Wildman–Crippen LogP) is 5.52. The zero-order chi connectivity index (χ0) is 22.5. The van der Waals surface area contributed by atoms with Crippen LogP contribution in [-0.4, -0.2) is 25.0 Å². The molecule has 0 spiro atoms. The quantitative estimate of drug-likeness (QED) is 0.514. The van der Waals surface area contributed by atoms with Crippen LogP contribution in [0.25, 0.3) is 0 Å². The molecule has 1 fully saturated rings. The molecule has 7 heteroatoms. The predicted molar refractivity (Wildman–Crippen MR) is 125 cm³/mol. The number of hydrogen-bond acceptors (Lipinski definition) is 4. The number of benzene rings is 3. The highest BCUT2D eigenvalue weighted by Crippen LogP contribution is 2.33. The number of amides is 2. The van der Waals surface area contributed by atoms with Crippen molar-refractivity contribution in [1.29, 1.82) is 0 Å². The van der Waals surface area contributed by atoms with Gasteiger partial charge in [-0.25, -0.2) is 0 Å². The van der Waals surface area contributed by atoms with E-state index >= 15 is 0 Å². The number of rotatable bonds is 7. The number of carbonyl (C=O) groups excluding carboxylic acids is 2. The average Bonchev–Trinajstić information content (AvgIpc) is 3.19. The fraction of sp³-hybridized carbons (Fsp3) is 0.200. The third-order valence-electron chi connectivity index (χ3n) is 5.12. The Balaban J connectivity index is 1.38. The summed E-state index contributed by atoms with van der Waals surface area (Å²) in [6.45, 7) is 2.71. The van der Waals surface area contributed by atoms with Gasteiger partial charge in [0.25, 0.3) is 0 Å². The van der Waals surface area contributed by atoms with Crippen molar-refractivity contribution in [1.82, 2.24) is 0 Å². The van der Waals surface area contributed by atoms with E-state index in [1.807, 2.05) is 31.2 Å². The highest BCUT2D eigenvalue weighted by molar-refractivity contribution is 6.30. The van der Waals surface area contributed by atoms with E-state index in [2.05, 4.69) is 5.32 Å². The van der Waals surface area contributed by atoms with E-state index < -0.39 is 5.92 Å². The van der Waals surface area contributed by atoms with Crippen LogP contribution < -0.4 is 19.7 Å². The smallest absolute Gasteiger partial charge is 0.229 e. The fourth-order valence-electron chi connectivity index (χ4n) is 3.56. The molecule has 0 aliphatic carbocycles. The summed E-state index contributed by atoms with van der Waals surface area (Å²) in [6, 6.07) is 21.5. The standard InChI is InChI=1S/C25H23ClN2O4/c1-2-31-23-6-4-3-5-22(23)28-16-17(15-24(28)29)25(30)27-19-9-13-21(14-10-19)32-20-11-7-18(26)8-12-20/h3-14,17H,2,15-16H2,1H3,(H,27,30)/t17-/m1/s1. The Morgan fingerprint density at radius 2 is 1.69 bits per heavy atom. The summed E-state index contributed by atoms with van der Waals surface area (Å²) < 4.78 is 11.4. The first-order chi connectivity index (χ1) is 15.5. The molecule has 1 N–H and O–H groups in total. The largest absolute Gasteiger partial charge is 0.492 e. The van der Waals surface area contributed by atoms with Gasteiger partial charge in [-0.3, -0.25) is 9.59 Å². The molecule has 0 bridgehead atoms. The number of carbonyl (C=O) groups is 2. The average molecular weight is 451 g/mol. The minimum absolute atomic E-state index is 0.0935. The van der Waals surface area contributed by atoms with Crippen LogP contribution in [0.4, 0.5) is 11.4 Å². The Kier molecular flexibility index (Phi) is 6.61. The second-order valence-electron chi connectivity index (χ2n) is 7.38. The SMILES string of the molecule is CCOc1ccccc1N1C[C@H](C(=O)Nc2ccc(Oc3ccc(Cl)cc3)cc2)CC1=O. The maximum absolute atomic E-state index is 12.8. The highest BCUT2D eigenvalue weighted by Gasteiger charge is 2.36. The van der Waals surface area contributed by atoms with Gasteiger partial charge in [0.1, 0.15) is 17.2 Å². The first-order valence-electron chi connectivity index (χ1n) is 10.4. The summed E-state index contributed by atoms with van der Waals surface area (Å²) in [5.41, 5.74) is 1.33. The van der Waals surface area contributed by atoms with Crippen LogP contribution in [0.2, 0.25) is 5.02 Å². The fourth-order valence-corrected chi connectivity index (χ4v) is 3.69. The molecule has 1 heterocycles. The summed E-state index contributed by atoms with van der Waals surface area (Å²) in [5.74, 6) is 1.22. The van der Waals surface area contributed by atoms with Gasteiger partial charge >= 0.3 is 0 Å². The molecule has 0 unspecified atom stereocenters. The van der Waals surface area contributed by atoms with Crippen molar-refractivity contribution >= 4 is 34.8 Å². The van der Waals surface area contributed by atoms with Crippen molar-refractivity contribution in [3.8, 4) is 17.2 Å². The van der Waals surface area contributed by atoms with Crippen LogP contribution in [-0.2, 0) is 9.59 Å². The zero-order valence-electron chi connectivity index (χ0n) is 17.6. The Bertz CT molecular complexity index is 1100. The number of halogens is 1. The lowest BCUT2D eigenvalue weighted by Crippen LogP contribution is -2.28. The number of nitrogens with one attached hydrogen (secondary N) is 1. The van der Waals surface area contributed by atoms with Crippen LogP contribution in [0.5, 0.6) is 17.2 Å². The molecule has 3 aromatic carbocycles. The first kappa shape index (κ1) is 21.7. The second kappa shape index (κ2) is 9.75. The number of ether oxygens (including phenoxy) is 2. The van der Waals surface area contributed by atoms with E-state index in [0.29, 0.717) is 46.8 Å². The van der Waals surface area contributed by atoms with E-state index in [4.69, 9.17) is 21.1 Å². The summed E-state index contributed by atoms with van der Waals surface area (Å²) in [4.78, 5) is 27.0. The van der Waals surface area contributed by atoms with E-state index in [9.17, 15) is 9.59 Å². The van der Waals surface area contributed by atoms with Crippen LogP contribution in [0.15, 0.2) is 72.8 Å². The Hall–Kier alpha value is -3.51. The Morgan fingerprint density at radius 1 is 1.03 bits per heavy atom. The van der Waals surface area contributed by atoms with Crippen LogP contribution in [0, 0.1) is 5.92 Å². The van der Waals surface area contributed by atoms with Gasteiger partial charge in [0, 0.05) is 23.7 Å². The first-order valence-corrected chi connectivity index (χ1v) is 10.8. The monoisotopic (exact) mass is 450 g/mol. The lowest BCUT2D eigenvalue weighted by Gasteiger charge is -2.20. The zero-order valence-corrected chi connectivity index (χ0v) is 18.3. The molecule has 1 saturated heterocycles. The van der Waals surface area contributed by atoms with Gasteiger partial charge in [-0.15, -0.1) is 0 Å². The summed E-state index contributed by atoms with van der Waals surface area (Å²) >= 11 is 5.89. The molecule has 32 heavy (non-hydrogen) atoms. The second-order valence-corrected chi connectivity index (χ2v) is 7.81. The summed E-state index contributed by atoms with van der Waals surface area (Å²) in [5, 5.41) is 3.53. The topological polar surface area (TPSA) is 67.9 Å². The normalized spacial score (nSPS) is 15.5. The summed E-state index contributed by atoms with van der Waals surface area (Å²) in [7, 11) is 0. The maximum Gasteiger partial charge on any atom is 0.229 e. The van der Waals surface area contributed by atoms with E-state index in [-0.39, 0.29) is 18.2 Å². The van der Waals surface area contributed by atoms with E-state index in [0.717, 1.165) is 0 Å². The van der Waals surface area contributed by atoms with Crippen molar-refractivity contribution < 1.29 is 19.1 Å². The number of anilines is 2. The molecule has 0 saturated carbocycles. The molecule has 1 atom stereocenters. The highest BCUT2D eigenvalue weighted by atomic mass is 35.5. The molecule has 0 radical (unpaired) electrons. The molecule has 2 amide bonds. The molecule has 4 rings (SSSR count). The van der Waals surface area contributed by atoms with Gasteiger partial charge in [-0.2, -0.15) is 0 Å². The Labute approximate surface area is 191 Å². The number of para-hydroxylation sites is 2. The lowest BCUT2D eigenvalue weighted by atomic mass is 10.1. The molecule has 1 aliphatic heterocycles. The molecule has 1 aliphatic rings. The van der Waals surface area contributed by atoms with Crippen molar-refractivity contribution in [2.75, 3.05) is 23.4 Å².